The first kappa shape index (κ1) is 19.9. The van der Waals surface area contributed by atoms with Crippen molar-refractivity contribution in [2.24, 2.45) is 4.99 Å². The Morgan fingerprint density at radius 3 is 2.77 bits per heavy atom. The maximum atomic E-state index is 11.8. The monoisotopic (exact) mass is 362 g/mol. The van der Waals surface area contributed by atoms with E-state index in [1.165, 1.54) is 0 Å². The standard InChI is InChI=1S/C19H30N4O3/c1-5-18(24)23-10-9-15(13-23)22-19(20-6-2)21-12-14-7-8-16(25-3)11-17(14)26-4/h7-8,11,15H,5-6,9-10,12-13H2,1-4H3,(H2,20,21,22). The molecule has 0 spiro atoms. The summed E-state index contributed by atoms with van der Waals surface area (Å²) in [5.74, 6) is 2.47. The van der Waals surface area contributed by atoms with Gasteiger partial charge in [0.15, 0.2) is 5.96 Å². The van der Waals surface area contributed by atoms with Gasteiger partial charge in [-0.3, -0.25) is 4.79 Å². The van der Waals surface area contributed by atoms with Crippen molar-refractivity contribution in [3.8, 4) is 11.5 Å². The van der Waals surface area contributed by atoms with Gasteiger partial charge in [-0.25, -0.2) is 4.99 Å². The Balaban J connectivity index is 2.02. The van der Waals surface area contributed by atoms with Gasteiger partial charge in [-0.1, -0.05) is 6.92 Å². The molecule has 144 valence electrons. The molecule has 1 aromatic carbocycles. The predicted octanol–water partition coefficient (Wildman–Crippen LogP) is 1.77. The molecule has 1 heterocycles. The Bertz CT molecular complexity index is 633. The highest BCUT2D eigenvalue weighted by Gasteiger charge is 2.25. The first-order chi connectivity index (χ1) is 12.6. The fourth-order valence-electron chi connectivity index (χ4n) is 2.99. The largest absolute Gasteiger partial charge is 0.497 e. The number of nitrogens with one attached hydrogen (secondary N) is 2. The minimum absolute atomic E-state index is 0.208. The Morgan fingerprint density at radius 2 is 2.12 bits per heavy atom. The zero-order valence-corrected chi connectivity index (χ0v) is 16.2. The molecule has 0 radical (unpaired) electrons. The molecule has 1 atom stereocenters. The molecule has 2 N–H and O–H groups in total. The highest BCUT2D eigenvalue weighted by atomic mass is 16.5. The molecule has 0 bridgehead atoms. The molecule has 26 heavy (non-hydrogen) atoms. The van der Waals surface area contributed by atoms with E-state index < -0.39 is 0 Å². The number of aliphatic imine (C=N–C) groups is 1. The minimum Gasteiger partial charge on any atom is -0.497 e. The summed E-state index contributed by atoms with van der Waals surface area (Å²) in [7, 11) is 3.28. The first-order valence-corrected chi connectivity index (χ1v) is 9.14. The number of ether oxygens (including phenoxy) is 2. The van der Waals surface area contributed by atoms with E-state index >= 15 is 0 Å². The van der Waals surface area contributed by atoms with Crippen molar-refractivity contribution in [1.82, 2.24) is 15.5 Å². The van der Waals surface area contributed by atoms with Crippen molar-refractivity contribution < 1.29 is 14.3 Å². The van der Waals surface area contributed by atoms with Gasteiger partial charge in [-0.05, 0) is 25.5 Å². The number of carbonyl (C=O) groups is 1. The summed E-state index contributed by atoms with van der Waals surface area (Å²) in [6.45, 7) is 6.73. The summed E-state index contributed by atoms with van der Waals surface area (Å²) >= 11 is 0. The quantitative estimate of drug-likeness (QED) is 0.571. The average Bonchev–Trinajstić information content (AvgIpc) is 3.14. The third kappa shape index (κ3) is 5.28. The lowest BCUT2D eigenvalue weighted by molar-refractivity contribution is -0.129. The Kier molecular flexibility index (Phi) is 7.56. The highest BCUT2D eigenvalue weighted by Crippen LogP contribution is 2.25. The molecule has 1 aliphatic rings. The summed E-state index contributed by atoms with van der Waals surface area (Å²) < 4.78 is 10.7. The van der Waals surface area contributed by atoms with Crippen LogP contribution in [0.5, 0.6) is 11.5 Å². The van der Waals surface area contributed by atoms with Crippen molar-refractivity contribution in [3.63, 3.8) is 0 Å². The van der Waals surface area contributed by atoms with E-state index in [2.05, 4.69) is 15.6 Å². The summed E-state index contributed by atoms with van der Waals surface area (Å²) in [4.78, 5) is 18.4. The number of methoxy groups -OCH3 is 2. The normalized spacial score (nSPS) is 17.2. The number of hydrogen-bond acceptors (Lipinski definition) is 4. The van der Waals surface area contributed by atoms with Gasteiger partial charge in [0.2, 0.25) is 5.91 Å². The smallest absolute Gasteiger partial charge is 0.222 e. The Morgan fingerprint density at radius 1 is 1.31 bits per heavy atom. The highest BCUT2D eigenvalue weighted by molar-refractivity contribution is 5.80. The molecule has 1 amide bonds. The van der Waals surface area contributed by atoms with Gasteiger partial charge >= 0.3 is 0 Å². The number of benzene rings is 1. The topological polar surface area (TPSA) is 75.2 Å². The SMILES string of the molecule is CCNC(=NCc1ccc(OC)cc1OC)NC1CCN(C(=O)CC)C1. The van der Waals surface area contributed by atoms with Crippen LogP contribution in [0.3, 0.4) is 0 Å². The van der Waals surface area contributed by atoms with Crippen molar-refractivity contribution in [3.05, 3.63) is 23.8 Å². The molecule has 1 saturated heterocycles. The second-order valence-electron chi connectivity index (χ2n) is 6.20. The molecule has 0 aromatic heterocycles. The van der Waals surface area contributed by atoms with Gasteiger partial charge in [0.1, 0.15) is 11.5 Å². The van der Waals surface area contributed by atoms with Crippen molar-refractivity contribution >= 4 is 11.9 Å². The van der Waals surface area contributed by atoms with Crippen LogP contribution in [0.25, 0.3) is 0 Å². The summed E-state index contributed by atoms with van der Waals surface area (Å²) in [5.41, 5.74) is 0.986. The lowest BCUT2D eigenvalue weighted by Crippen LogP contribution is -2.45. The van der Waals surface area contributed by atoms with E-state index in [9.17, 15) is 4.79 Å². The molecule has 1 fully saturated rings. The van der Waals surface area contributed by atoms with Gasteiger partial charge in [0.25, 0.3) is 0 Å². The first-order valence-electron chi connectivity index (χ1n) is 9.14. The van der Waals surface area contributed by atoms with Crippen LogP contribution < -0.4 is 20.1 Å². The van der Waals surface area contributed by atoms with E-state index in [1.54, 1.807) is 14.2 Å². The Hall–Kier alpha value is -2.44. The van der Waals surface area contributed by atoms with E-state index in [4.69, 9.17) is 9.47 Å². The minimum atomic E-state index is 0.208. The van der Waals surface area contributed by atoms with Gasteiger partial charge in [0.05, 0.1) is 20.8 Å². The third-order valence-corrected chi connectivity index (χ3v) is 4.43. The second-order valence-corrected chi connectivity index (χ2v) is 6.20. The average molecular weight is 362 g/mol. The molecular formula is C19H30N4O3. The van der Waals surface area contributed by atoms with Gasteiger partial charge in [0, 0.05) is 43.7 Å². The summed E-state index contributed by atoms with van der Waals surface area (Å²) in [6, 6.07) is 5.94. The number of hydrogen-bond donors (Lipinski definition) is 2. The Labute approximate surface area is 155 Å². The molecule has 1 unspecified atom stereocenters. The predicted molar refractivity (Wildman–Crippen MR) is 103 cm³/mol. The number of guanidine groups is 1. The number of carbonyl (C=O) groups excluding carboxylic acids is 1. The van der Waals surface area contributed by atoms with Gasteiger partial charge in [-0.15, -0.1) is 0 Å². The summed E-state index contributed by atoms with van der Waals surface area (Å²) in [5, 5.41) is 6.70. The summed E-state index contributed by atoms with van der Waals surface area (Å²) in [6.07, 6.45) is 1.49. The molecular weight excluding hydrogens is 332 g/mol. The van der Waals surface area contributed by atoms with Gasteiger partial charge in [-0.2, -0.15) is 0 Å². The lowest BCUT2D eigenvalue weighted by atomic mass is 10.2. The van der Waals surface area contributed by atoms with Crippen LogP contribution in [-0.2, 0) is 11.3 Å². The van der Waals surface area contributed by atoms with E-state index in [-0.39, 0.29) is 11.9 Å². The molecule has 7 nitrogen and oxygen atoms in total. The molecule has 1 aliphatic heterocycles. The number of rotatable bonds is 7. The molecule has 7 heteroatoms. The third-order valence-electron chi connectivity index (χ3n) is 4.43. The maximum Gasteiger partial charge on any atom is 0.222 e. The molecule has 0 aliphatic carbocycles. The van der Waals surface area contributed by atoms with E-state index in [0.29, 0.717) is 13.0 Å². The van der Waals surface area contributed by atoms with E-state index in [0.717, 1.165) is 49.1 Å². The molecule has 1 aromatic rings. The second kappa shape index (κ2) is 9.89. The van der Waals surface area contributed by atoms with Crippen LogP contribution in [0.1, 0.15) is 32.3 Å². The van der Waals surface area contributed by atoms with Crippen LogP contribution in [0, 0.1) is 0 Å². The fraction of sp³-hybridized carbons (Fsp3) is 0.579. The van der Waals surface area contributed by atoms with Gasteiger partial charge < -0.3 is 25.0 Å². The fourth-order valence-corrected chi connectivity index (χ4v) is 2.99. The zero-order valence-electron chi connectivity index (χ0n) is 16.2. The molecule has 0 saturated carbocycles. The van der Waals surface area contributed by atoms with Crippen molar-refractivity contribution in [2.45, 2.75) is 39.3 Å². The van der Waals surface area contributed by atoms with Crippen LogP contribution >= 0.6 is 0 Å². The number of amides is 1. The van der Waals surface area contributed by atoms with Crippen LogP contribution in [-0.4, -0.2) is 56.7 Å². The van der Waals surface area contributed by atoms with Crippen LogP contribution in [0.15, 0.2) is 23.2 Å². The van der Waals surface area contributed by atoms with Crippen molar-refractivity contribution in [1.29, 1.82) is 0 Å². The number of likely N-dealkylation sites (tertiary alicyclic amines) is 1. The maximum absolute atomic E-state index is 11.8. The number of nitrogens with zero attached hydrogens (tertiary/aromatic N) is 2. The lowest BCUT2D eigenvalue weighted by Gasteiger charge is -2.19. The van der Waals surface area contributed by atoms with E-state index in [1.807, 2.05) is 36.9 Å². The van der Waals surface area contributed by atoms with Crippen LogP contribution in [0.2, 0.25) is 0 Å². The molecule has 2 rings (SSSR count). The van der Waals surface area contributed by atoms with Crippen LogP contribution in [0.4, 0.5) is 0 Å². The zero-order chi connectivity index (χ0) is 18.9. The van der Waals surface area contributed by atoms with Crippen molar-refractivity contribution in [2.75, 3.05) is 33.9 Å².